The van der Waals surface area contributed by atoms with Gasteiger partial charge in [-0.1, -0.05) is 19.1 Å². The van der Waals surface area contributed by atoms with Gasteiger partial charge in [0, 0.05) is 25.7 Å². The molecule has 1 aliphatic heterocycles. The zero-order valence-electron chi connectivity index (χ0n) is 9.70. The van der Waals surface area contributed by atoms with Crippen LogP contribution in [0.25, 0.3) is 0 Å². The lowest BCUT2D eigenvalue weighted by molar-refractivity contribution is 0.158. The van der Waals surface area contributed by atoms with E-state index in [1.54, 1.807) is 0 Å². The second kappa shape index (κ2) is 4.93. The molecular weight excluding hydrogens is 203 g/mol. The molecule has 1 heterocycles. The summed E-state index contributed by atoms with van der Waals surface area (Å²) >= 11 is 0. The third-order valence-electron chi connectivity index (χ3n) is 3.09. The highest BCUT2D eigenvalue weighted by atomic mass is 19.1. The van der Waals surface area contributed by atoms with Gasteiger partial charge < -0.3 is 5.73 Å². The largest absolute Gasteiger partial charge is 0.327 e. The zero-order chi connectivity index (χ0) is 11.5. The van der Waals surface area contributed by atoms with Crippen LogP contribution in [-0.2, 0) is 6.54 Å². The lowest BCUT2D eigenvalue weighted by Crippen LogP contribution is -2.45. The highest BCUT2D eigenvalue weighted by Gasteiger charge is 2.21. The van der Waals surface area contributed by atoms with Crippen molar-refractivity contribution in [3.8, 4) is 0 Å². The van der Waals surface area contributed by atoms with Crippen LogP contribution in [-0.4, -0.2) is 24.0 Å². The number of rotatable bonds is 2. The third-order valence-corrected chi connectivity index (χ3v) is 3.09. The molecule has 2 rings (SSSR count). The summed E-state index contributed by atoms with van der Waals surface area (Å²) in [4.78, 5) is 2.35. The van der Waals surface area contributed by atoms with Crippen molar-refractivity contribution in [1.29, 1.82) is 0 Å². The maximum atomic E-state index is 12.8. The van der Waals surface area contributed by atoms with E-state index in [4.69, 9.17) is 5.73 Å². The molecule has 2 N–H and O–H groups in total. The van der Waals surface area contributed by atoms with Gasteiger partial charge in [0.15, 0.2) is 0 Å². The van der Waals surface area contributed by atoms with Gasteiger partial charge in [-0.3, -0.25) is 4.90 Å². The van der Waals surface area contributed by atoms with Crippen LogP contribution in [0.4, 0.5) is 4.39 Å². The van der Waals surface area contributed by atoms with Crippen molar-refractivity contribution in [3.05, 3.63) is 35.6 Å². The lowest BCUT2D eigenvalue weighted by atomic mass is 9.96. The third kappa shape index (κ3) is 3.03. The molecule has 0 spiro atoms. The molecule has 1 aromatic carbocycles. The quantitative estimate of drug-likeness (QED) is 0.829. The Hall–Kier alpha value is -0.930. The second-order valence-electron chi connectivity index (χ2n) is 4.92. The van der Waals surface area contributed by atoms with E-state index >= 15 is 0 Å². The molecule has 88 valence electrons. The molecule has 2 nitrogen and oxygen atoms in total. The Bertz CT molecular complexity index is 326. The average Bonchev–Trinajstić information content (AvgIpc) is 2.20. The van der Waals surface area contributed by atoms with Gasteiger partial charge in [-0.25, -0.2) is 4.39 Å². The van der Waals surface area contributed by atoms with Gasteiger partial charge in [0.2, 0.25) is 0 Å². The first-order valence-electron chi connectivity index (χ1n) is 5.86. The van der Waals surface area contributed by atoms with E-state index in [2.05, 4.69) is 11.8 Å². The molecule has 0 saturated carbocycles. The molecule has 0 amide bonds. The summed E-state index contributed by atoms with van der Waals surface area (Å²) in [6.07, 6.45) is 1.11. The Morgan fingerprint density at radius 3 is 2.62 bits per heavy atom. The number of hydrogen-bond donors (Lipinski definition) is 1. The maximum absolute atomic E-state index is 12.8. The molecule has 0 bridgehead atoms. The van der Waals surface area contributed by atoms with Crippen LogP contribution < -0.4 is 5.73 Å². The fraction of sp³-hybridized carbons (Fsp3) is 0.538. The van der Waals surface area contributed by atoms with Gasteiger partial charge in [0.1, 0.15) is 5.82 Å². The molecule has 2 unspecified atom stereocenters. The van der Waals surface area contributed by atoms with E-state index in [1.165, 1.54) is 12.1 Å². The van der Waals surface area contributed by atoms with Crippen molar-refractivity contribution in [3.63, 3.8) is 0 Å². The van der Waals surface area contributed by atoms with E-state index in [1.807, 2.05) is 12.1 Å². The van der Waals surface area contributed by atoms with Crippen molar-refractivity contribution in [2.45, 2.75) is 25.9 Å². The van der Waals surface area contributed by atoms with Gasteiger partial charge in [-0.2, -0.15) is 0 Å². The van der Waals surface area contributed by atoms with Crippen LogP contribution in [0.1, 0.15) is 18.9 Å². The van der Waals surface area contributed by atoms with Gasteiger partial charge in [-0.15, -0.1) is 0 Å². The second-order valence-corrected chi connectivity index (χ2v) is 4.92. The fourth-order valence-corrected chi connectivity index (χ4v) is 2.49. The first-order chi connectivity index (χ1) is 7.63. The Balaban J connectivity index is 1.96. The van der Waals surface area contributed by atoms with E-state index < -0.39 is 0 Å². The van der Waals surface area contributed by atoms with Crippen molar-refractivity contribution in [2.75, 3.05) is 13.1 Å². The van der Waals surface area contributed by atoms with Gasteiger partial charge in [0.05, 0.1) is 0 Å². The predicted molar refractivity (Wildman–Crippen MR) is 63.4 cm³/mol. The smallest absolute Gasteiger partial charge is 0.123 e. The number of nitrogens with two attached hydrogens (primary N) is 1. The molecule has 0 aliphatic carbocycles. The number of halogens is 1. The van der Waals surface area contributed by atoms with Crippen LogP contribution in [0, 0.1) is 11.7 Å². The number of piperidine rings is 1. The summed E-state index contributed by atoms with van der Waals surface area (Å²) in [5, 5.41) is 0. The summed E-state index contributed by atoms with van der Waals surface area (Å²) < 4.78 is 12.8. The molecule has 16 heavy (non-hydrogen) atoms. The summed E-state index contributed by atoms with van der Waals surface area (Å²) in [5.41, 5.74) is 7.15. The lowest BCUT2D eigenvalue weighted by Gasteiger charge is -2.34. The Morgan fingerprint density at radius 1 is 1.31 bits per heavy atom. The summed E-state index contributed by atoms with van der Waals surface area (Å²) in [5.74, 6) is 0.483. The summed E-state index contributed by atoms with van der Waals surface area (Å²) in [7, 11) is 0. The minimum absolute atomic E-state index is 0.174. The topological polar surface area (TPSA) is 29.3 Å². The number of hydrogen-bond acceptors (Lipinski definition) is 2. The number of benzene rings is 1. The predicted octanol–water partition coefficient (Wildman–Crippen LogP) is 1.99. The molecule has 2 atom stereocenters. The van der Waals surface area contributed by atoms with Crippen molar-refractivity contribution in [1.82, 2.24) is 4.90 Å². The van der Waals surface area contributed by atoms with Crippen LogP contribution in [0.3, 0.4) is 0 Å². The average molecular weight is 222 g/mol. The molecule has 0 radical (unpaired) electrons. The highest BCUT2D eigenvalue weighted by Crippen LogP contribution is 2.17. The van der Waals surface area contributed by atoms with Gasteiger partial charge in [-0.05, 0) is 30.0 Å². The molecule has 0 aromatic heterocycles. The van der Waals surface area contributed by atoms with Gasteiger partial charge >= 0.3 is 0 Å². The first kappa shape index (κ1) is 11.6. The molecule has 1 aliphatic rings. The monoisotopic (exact) mass is 222 g/mol. The molecule has 3 heteroatoms. The van der Waals surface area contributed by atoms with E-state index in [-0.39, 0.29) is 11.9 Å². The van der Waals surface area contributed by atoms with Crippen LogP contribution >= 0.6 is 0 Å². The van der Waals surface area contributed by atoms with E-state index in [0.29, 0.717) is 5.92 Å². The fourth-order valence-electron chi connectivity index (χ4n) is 2.49. The highest BCUT2D eigenvalue weighted by molar-refractivity contribution is 5.16. The summed E-state index contributed by atoms with van der Waals surface area (Å²) in [6, 6.07) is 7.01. The number of nitrogens with zero attached hydrogens (tertiary/aromatic N) is 1. The minimum Gasteiger partial charge on any atom is -0.327 e. The minimum atomic E-state index is -0.174. The summed E-state index contributed by atoms with van der Waals surface area (Å²) in [6.45, 7) is 5.14. The van der Waals surface area contributed by atoms with Crippen LogP contribution in [0.15, 0.2) is 24.3 Å². The number of likely N-dealkylation sites (tertiary alicyclic amines) is 1. The molecule has 1 aromatic rings. The standard InChI is InChI=1S/C13H19FN2/c1-10-6-13(15)9-16(7-10)8-11-2-4-12(14)5-3-11/h2-5,10,13H,6-9,15H2,1H3. The van der Waals surface area contributed by atoms with Crippen LogP contribution in [0.2, 0.25) is 0 Å². The molecule has 1 saturated heterocycles. The Labute approximate surface area is 96.2 Å². The van der Waals surface area contributed by atoms with Gasteiger partial charge in [0.25, 0.3) is 0 Å². The molecule has 1 fully saturated rings. The van der Waals surface area contributed by atoms with E-state index in [9.17, 15) is 4.39 Å². The first-order valence-corrected chi connectivity index (χ1v) is 5.86. The SMILES string of the molecule is CC1CC(N)CN(Cc2ccc(F)cc2)C1. The Morgan fingerprint density at radius 2 is 2.00 bits per heavy atom. The Kier molecular flexibility index (Phi) is 3.56. The van der Waals surface area contributed by atoms with Crippen molar-refractivity contribution in [2.24, 2.45) is 11.7 Å². The maximum Gasteiger partial charge on any atom is 0.123 e. The zero-order valence-corrected chi connectivity index (χ0v) is 9.70. The van der Waals surface area contributed by atoms with E-state index in [0.717, 1.165) is 31.6 Å². The van der Waals surface area contributed by atoms with Crippen molar-refractivity contribution < 1.29 is 4.39 Å². The normalized spacial score (nSPS) is 26.9. The van der Waals surface area contributed by atoms with Crippen LogP contribution in [0.5, 0.6) is 0 Å². The van der Waals surface area contributed by atoms with Crippen molar-refractivity contribution >= 4 is 0 Å². The molecular formula is C13H19FN2.